The molecule has 18 heavy (non-hydrogen) atoms. The van der Waals surface area contributed by atoms with Gasteiger partial charge in [-0.3, -0.25) is 9.59 Å². The van der Waals surface area contributed by atoms with E-state index in [0.717, 1.165) is 13.0 Å². The van der Waals surface area contributed by atoms with E-state index in [-0.39, 0.29) is 11.9 Å². The first kappa shape index (κ1) is 16.9. The molecular weight excluding hydrogens is 238 g/mol. The highest BCUT2D eigenvalue weighted by Crippen LogP contribution is 1.99. The first-order valence-corrected chi connectivity index (χ1v) is 5.99. The highest BCUT2D eigenvalue weighted by Gasteiger charge is 2.10. The van der Waals surface area contributed by atoms with E-state index >= 15 is 0 Å². The predicted octanol–water partition coefficient (Wildman–Crippen LogP) is 0.451. The van der Waals surface area contributed by atoms with Crippen LogP contribution in [0.5, 0.6) is 0 Å². The molecule has 0 radical (unpaired) electrons. The van der Waals surface area contributed by atoms with Crippen LogP contribution in [-0.2, 0) is 23.8 Å². The van der Waals surface area contributed by atoms with Crippen LogP contribution < -0.4 is 0 Å². The third-order valence-electron chi connectivity index (χ3n) is 2.54. The molecule has 0 saturated carbocycles. The second kappa shape index (κ2) is 11.0. The van der Waals surface area contributed by atoms with E-state index in [1.54, 1.807) is 7.11 Å². The Hall–Kier alpha value is -1.14. The van der Waals surface area contributed by atoms with Gasteiger partial charge in [-0.05, 0) is 6.42 Å². The van der Waals surface area contributed by atoms with Crippen molar-refractivity contribution in [2.24, 2.45) is 0 Å². The number of ether oxygens (including phenoxy) is 3. The van der Waals surface area contributed by atoms with Crippen LogP contribution in [0.1, 0.15) is 19.3 Å². The minimum atomic E-state index is -0.246. The lowest BCUT2D eigenvalue weighted by Crippen LogP contribution is -2.31. The highest BCUT2D eigenvalue weighted by molar-refractivity contribution is 5.70. The molecule has 0 heterocycles. The number of carbonyl (C=O) groups excluding carboxylic acids is 2. The molecule has 0 aliphatic rings. The van der Waals surface area contributed by atoms with Crippen molar-refractivity contribution in [2.45, 2.75) is 19.3 Å². The molecule has 6 nitrogen and oxygen atoms in total. The summed E-state index contributed by atoms with van der Waals surface area (Å²) in [6.07, 6.45) is 1.51. The van der Waals surface area contributed by atoms with Gasteiger partial charge in [0.1, 0.15) is 0 Å². The van der Waals surface area contributed by atoms with Crippen LogP contribution in [0.3, 0.4) is 0 Å². The summed E-state index contributed by atoms with van der Waals surface area (Å²) >= 11 is 0. The van der Waals surface area contributed by atoms with Crippen LogP contribution in [0.2, 0.25) is 0 Å². The molecule has 0 saturated heterocycles. The zero-order valence-electron chi connectivity index (χ0n) is 11.4. The van der Waals surface area contributed by atoms with E-state index in [1.807, 2.05) is 4.90 Å². The zero-order valence-corrected chi connectivity index (χ0v) is 11.4. The molecule has 0 amide bonds. The highest BCUT2D eigenvalue weighted by atomic mass is 16.5. The minimum Gasteiger partial charge on any atom is -0.469 e. The van der Waals surface area contributed by atoms with E-state index < -0.39 is 0 Å². The lowest BCUT2D eigenvalue weighted by molar-refractivity contribution is -0.141. The summed E-state index contributed by atoms with van der Waals surface area (Å²) in [5, 5.41) is 0. The molecule has 0 bridgehead atoms. The van der Waals surface area contributed by atoms with E-state index in [4.69, 9.17) is 4.74 Å². The monoisotopic (exact) mass is 261 g/mol. The van der Waals surface area contributed by atoms with Crippen LogP contribution in [-0.4, -0.2) is 64.4 Å². The summed E-state index contributed by atoms with van der Waals surface area (Å²) in [6, 6.07) is 0. The summed E-state index contributed by atoms with van der Waals surface area (Å²) in [4.78, 5) is 24.2. The van der Waals surface area contributed by atoms with E-state index in [0.29, 0.717) is 32.5 Å². The Labute approximate surface area is 108 Å². The van der Waals surface area contributed by atoms with Crippen molar-refractivity contribution in [1.29, 1.82) is 0 Å². The maximum Gasteiger partial charge on any atom is 0.306 e. The van der Waals surface area contributed by atoms with E-state index in [9.17, 15) is 9.59 Å². The molecule has 0 spiro atoms. The predicted molar refractivity (Wildman–Crippen MR) is 66.2 cm³/mol. The molecule has 0 aromatic rings. The SMILES string of the molecule is COCCCN(CCC(=O)OC)CCC(=O)OC. The molecule has 0 aliphatic heterocycles. The fourth-order valence-electron chi connectivity index (χ4n) is 1.47. The lowest BCUT2D eigenvalue weighted by Gasteiger charge is -2.20. The maximum atomic E-state index is 11.1. The molecule has 0 atom stereocenters. The van der Waals surface area contributed by atoms with Crippen LogP contribution in [0.4, 0.5) is 0 Å². The second-order valence-corrected chi connectivity index (χ2v) is 3.84. The summed E-state index contributed by atoms with van der Waals surface area (Å²) in [6.45, 7) is 2.59. The summed E-state index contributed by atoms with van der Waals surface area (Å²) in [5.41, 5.74) is 0. The average Bonchev–Trinajstić information content (AvgIpc) is 2.40. The smallest absolute Gasteiger partial charge is 0.306 e. The molecule has 0 fully saturated rings. The van der Waals surface area contributed by atoms with Gasteiger partial charge in [-0.15, -0.1) is 0 Å². The Bertz CT molecular complexity index is 225. The van der Waals surface area contributed by atoms with Gasteiger partial charge >= 0.3 is 11.9 Å². The van der Waals surface area contributed by atoms with E-state index in [1.165, 1.54) is 14.2 Å². The number of esters is 2. The van der Waals surface area contributed by atoms with Crippen LogP contribution >= 0.6 is 0 Å². The van der Waals surface area contributed by atoms with Gasteiger partial charge in [0.25, 0.3) is 0 Å². The largest absolute Gasteiger partial charge is 0.469 e. The number of carbonyl (C=O) groups is 2. The molecule has 0 aromatic carbocycles. The van der Waals surface area contributed by atoms with Crippen molar-refractivity contribution in [3.05, 3.63) is 0 Å². The first-order chi connectivity index (χ1) is 8.63. The Morgan fingerprint density at radius 3 is 1.78 bits per heavy atom. The van der Waals surface area contributed by atoms with Gasteiger partial charge in [-0.2, -0.15) is 0 Å². The molecule has 0 N–H and O–H groups in total. The van der Waals surface area contributed by atoms with Crippen LogP contribution in [0, 0.1) is 0 Å². The number of hydrogen-bond acceptors (Lipinski definition) is 6. The van der Waals surface area contributed by atoms with Gasteiger partial charge in [0.15, 0.2) is 0 Å². The third kappa shape index (κ3) is 8.95. The fourth-order valence-corrected chi connectivity index (χ4v) is 1.47. The molecule has 0 unspecified atom stereocenters. The number of rotatable bonds is 10. The van der Waals surface area contributed by atoms with Crippen molar-refractivity contribution < 1.29 is 23.8 Å². The van der Waals surface area contributed by atoms with Gasteiger partial charge < -0.3 is 19.1 Å². The van der Waals surface area contributed by atoms with Gasteiger partial charge in [-0.1, -0.05) is 0 Å². The Kier molecular flexibility index (Phi) is 10.3. The minimum absolute atomic E-state index is 0.246. The molecule has 0 aliphatic carbocycles. The average molecular weight is 261 g/mol. The first-order valence-electron chi connectivity index (χ1n) is 5.99. The normalized spacial score (nSPS) is 10.4. The molecule has 106 valence electrons. The summed E-state index contributed by atoms with van der Waals surface area (Å²) in [5.74, 6) is -0.491. The maximum absolute atomic E-state index is 11.1. The van der Waals surface area contributed by atoms with Crippen molar-refractivity contribution in [1.82, 2.24) is 4.90 Å². The van der Waals surface area contributed by atoms with Crippen molar-refractivity contribution in [3.8, 4) is 0 Å². The molecular formula is C12H23NO5. The van der Waals surface area contributed by atoms with Gasteiger partial charge in [-0.25, -0.2) is 0 Å². The third-order valence-corrected chi connectivity index (χ3v) is 2.54. The Morgan fingerprint density at radius 2 is 1.39 bits per heavy atom. The fraction of sp³-hybridized carbons (Fsp3) is 0.833. The van der Waals surface area contributed by atoms with E-state index in [2.05, 4.69) is 9.47 Å². The van der Waals surface area contributed by atoms with Gasteiger partial charge in [0, 0.05) is 33.4 Å². The van der Waals surface area contributed by atoms with Crippen molar-refractivity contribution >= 4 is 11.9 Å². The Balaban J connectivity index is 3.98. The van der Waals surface area contributed by atoms with Crippen LogP contribution in [0.15, 0.2) is 0 Å². The number of hydrogen-bond donors (Lipinski definition) is 0. The van der Waals surface area contributed by atoms with Crippen molar-refractivity contribution in [3.63, 3.8) is 0 Å². The number of nitrogens with zero attached hydrogens (tertiary/aromatic N) is 1. The van der Waals surface area contributed by atoms with Crippen LogP contribution in [0.25, 0.3) is 0 Å². The van der Waals surface area contributed by atoms with Gasteiger partial charge in [0.2, 0.25) is 0 Å². The quantitative estimate of drug-likeness (QED) is 0.420. The van der Waals surface area contributed by atoms with Gasteiger partial charge in [0.05, 0.1) is 27.1 Å². The molecule has 6 heteroatoms. The standard InChI is InChI=1S/C12H23NO5/c1-16-10-4-7-13(8-5-11(14)17-2)9-6-12(15)18-3/h4-10H2,1-3H3. The lowest BCUT2D eigenvalue weighted by atomic mass is 10.3. The number of methoxy groups -OCH3 is 3. The molecule has 0 rings (SSSR count). The second-order valence-electron chi connectivity index (χ2n) is 3.84. The summed E-state index contributed by atoms with van der Waals surface area (Å²) < 4.78 is 14.2. The summed E-state index contributed by atoms with van der Waals surface area (Å²) in [7, 11) is 4.38. The molecule has 0 aromatic heterocycles. The Morgan fingerprint density at radius 1 is 0.889 bits per heavy atom. The topological polar surface area (TPSA) is 65.1 Å². The van der Waals surface area contributed by atoms with Crippen molar-refractivity contribution in [2.75, 3.05) is 47.6 Å². The zero-order chi connectivity index (χ0) is 13.8.